The zero-order valence-corrected chi connectivity index (χ0v) is 56.5. The van der Waals surface area contributed by atoms with Crippen molar-refractivity contribution >= 4 is 39.5 Å². The van der Waals surface area contributed by atoms with Gasteiger partial charge in [-0.15, -0.1) is 0 Å². The molecule has 0 heterocycles. The second-order valence-corrected chi connectivity index (χ2v) is 27.2. The maximum Gasteiger partial charge on any atom is 0.472 e. The summed E-state index contributed by atoms with van der Waals surface area (Å²) in [6.45, 7) is 7.17. The van der Waals surface area contributed by atoms with E-state index in [0.717, 1.165) is 95.8 Å². The summed E-state index contributed by atoms with van der Waals surface area (Å²) in [5, 5.41) is 10.6. The van der Waals surface area contributed by atoms with Crippen molar-refractivity contribution in [2.75, 3.05) is 39.6 Å². The molecular formula is C66H128O17P2. The van der Waals surface area contributed by atoms with Gasteiger partial charge in [-0.2, -0.15) is 0 Å². The van der Waals surface area contributed by atoms with E-state index < -0.39 is 97.5 Å². The van der Waals surface area contributed by atoms with Gasteiger partial charge in [0.05, 0.1) is 26.4 Å². The molecule has 0 bridgehead atoms. The molecule has 85 heavy (non-hydrogen) atoms. The molecule has 0 aromatic carbocycles. The fourth-order valence-electron chi connectivity index (χ4n) is 9.94. The molecule has 5 atom stereocenters. The number of aliphatic hydroxyl groups is 1. The maximum absolute atomic E-state index is 13.0. The lowest BCUT2D eigenvalue weighted by atomic mass is 10.0. The van der Waals surface area contributed by atoms with E-state index >= 15 is 0 Å². The molecule has 0 aromatic heterocycles. The largest absolute Gasteiger partial charge is 0.472 e. The number of hydrogen-bond donors (Lipinski definition) is 3. The molecule has 3 N–H and O–H groups in total. The van der Waals surface area contributed by atoms with Gasteiger partial charge < -0.3 is 33.8 Å². The van der Waals surface area contributed by atoms with Crippen LogP contribution in [0.2, 0.25) is 0 Å². The Morgan fingerprint density at radius 2 is 0.541 bits per heavy atom. The van der Waals surface area contributed by atoms with E-state index in [0.29, 0.717) is 25.7 Å². The number of unbranched alkanes of at least 4 members (excludes halogenated alkanes) is 38. The first-order chi connectivity index (χ1) is 41.0. The van der Waals surface area contributed by atoms with Crippen molar-refractivity contribution in [2.45, 2.75) is 355 Å². The highest BCUT2D eigenvalue weighted by Crippen LogP contribution is 2.45. The minimum absolute atomic E-state index is 0.107. The average molecular weight is 1260 g/mol. The first-order valence-electron chi connectivity index (χ1n) is 34.6. The van der Waals surface area contributed by atoms with Crippen LogP contribution in [0.15, 0.2) is 0 Å². The minimum atomic E-state index is -4.94. The molecule has 0 saturated carbocycles. The second kappa shape index (κ2) is 59.7. The van der Waals surface area contributed by atoms with Crippen LogP contribution in [0.4, 0.5) is 0 Å². The van der Waals surface area contributed by atoms with E-state index in [4.69, 9.17) is 37.0 Å². The van der Waals surface area contributed by atoms with Crippen LogP contribution in [0.1, 0.15) is 336 Å². The molecular weight excluding hydrogens is 1130 g/mol. The lowest BCUT2D eigenvalue weighted by Crippen LogP contribution is -2.30. The van der Waals surface area contributed by atoms with Crippen LogP contribution < -0.4 is 0 Å². The molecule has 0 aliphatic carbocycles. The van der Waals surface area contributed by atoms with Crippen molar-refractivity contribution < 1.29 is 80.2 Å². The molecule has 0 saturated heterocycles. The third-order valence-corrected chi connectivity index (χ3v) is 17.2. The lowest BCUT2D eigenvalue weighted by molar-refractivity contribution is -0.161. The van der Waals surface area contributed by atoms with Crippen LogP contribution in [0.5, 0.6) is 0 Å². The van der Waals surface area contributed by atoms with Crippen LogP contribution in [-0.2, 0) is 65.4 Å². The maximum atomic E-state index is 13.0. The van der Waals surface area contributed by atoms with E-state index in [9.17, 15) is 43.2 Å². The van der Waals surface area contributed by atoms with E-state index in [1.54, 1.807) is 0 Å². The highest BCUT2D eigenvalue weighted by Gasteiger charge is 2.30. The number of hydrogen-bond acceptors (Lipinski definition) is 15. The van der Waals surface area contributed by atoms with Gasteiger partial charge in [-0.25, -0.2) is 9.13 Å². The van der Waals surface area contributed by atoms with Crippen molar-refractivity contribution in [1.82, 2.24) is 0 Å². The van der Waals surface area contributed by atoms with E-state index in [2.05, 4.69) is 34.6 Å². The molecule has 0 radical (unpaired) electrons. The van der Waals surface area contributed by atoms with Crippen LogP contribution in [-0.4, -0.2) is 96.7 Å². The number of ether oxygens (including phenoxy) is 4. The van der Waals surface area contributed by atoms with Crippen LogP contribution >= 0.6 is 15.6 Å². The summed E-state index contributed by atoms with van der Waals surface area (Å²) >= 11 is 0. The van der Waals surface area contributed by atoms with E-state index in [1.807, 2.05) is 0 Å². The number of esters is 4. The Kier molecular flexibility index (Phi) is 58.3. The zero-order chi connectivity index (χ0) is 62.8. The number of aliphatic hydroxyl groups excluding tert-OH is 1. The molecule has 0 rings (SSSR count). The van der Waals surface area contributed by atoms with E-state index in [1.165, 1.54) is 161 Å². The van der Waals surface area contributed by atoms with Crippen LogP contribution in [0, 0.1) is 5.92 Å². The van der Waals surface area contributed by atoms with Crippen molar-refractivity contribution in [3.63, 3.8) is 0 Å². The number of phosphoric acid groups is 2. The Bertz CT molecular complexity index is 1650. The molecule has 0 aliphatic rings. The first kappa shape index (κ1) is 83.1. The number of carbonyl (C=O) groups excluding carboxylic acids is 4. The predicted molar refractivity (Wildman–Crippen MR) is 340 cm³/mol. The molecule has 0 aromatic rings. The molecule has 19 heteroatoms. The smallest absolute Gasteiger partial charge is 0.462 e. The Morgan fingerprint density at radius 3 is 0.800 bits per heavy atom. The second-order valence-electron chi connectivity index (χ2n) is 24.3. The lowest BCUT2D eigenvalue weighted by Gasteiger charge is -2.21. The quantitative estimate of drug-likeness (QED) is 0.0222. The Morgan fingerprint density at radius 1 is 0.318 bits per heavy atom. The SMILES string of the molecule is CCCCCCCCCCCCCCC(=O)O[C@H](COC(=O)CCCCCCCCCCC(C)C)COP(=O)(O)OC[C@@H](O)COP(=O)(O)OC[C@@H](COC(=O)CCCCCCCCCCCCC)OC(=O)CCCCCCCCCCCCC. The van der Waals surface area contributed by atoms with Crippen molar-refractivity contribution in [1.29, 1.82) is 0 Å². The monoisotopic (exact) mass is 1250 g/mol. The predicted octanol–water partition coefficient (Wildman–Crippen LogP) is 18.6. The zero-order valence-electron chi connectivity index (χ0n) is 54.7. The van der Waals surface area contributed by atoms with Gasteiger partial charge in [0.1, 0.15) is 19.3 Å². The highest BCUT2D eigenvalue weighted by atomic mass is 31.2. The van der Waals surface area contributed by atoms with E-state index in [-0.39, 0.29) is 25.7 Å². The Labute approximate surface area is 517 Å². The Hall–Kier alpha value is -1.94. The summed E-state index contributed by atoms with van der Waals surface area (Å²) in [5.74, 6) is -1.40. The topological polar surface area (TPSA) is 237 Å². The number of phosphoric ester groups is 2. The third kappa shape index (κ3) is 60.7. The molecule has 2 unspecified atom stereocenters. The van der Waals surface area contributed by atoms with Crippen molar-refractivity contribution in [3.05, 3.63) is 0 Å². The molecule has 0 amide bonds. The van der Waals surface area contributed by atoms with Gasteiger partial charge in [-0.1, -0.05) is 285 Å². The number of rotatable bonds is 66. The summed E-state index contributed by atoms with van der Waals surface area (Å²) in [7, 11) is -9.89. The van der Waals surface area contributed by atoms with Gasteiger partial charge in [0.25, 0.3) is 0 Å². The highest BCUT2D eigenvalue weighted by molar-refractivity contribution is 7.47. The molecule has 0 fully saturated rings. The first-order valence-corrected chi connectivity index (χ1v) is 37.6. The summed E-state index contributed by atoms with van der Waals surface area (Å²) in [5.41, 5.74) is 0. The van der Waals surface area contributed by atoms with Gasteiger partial charge in [0.2, 0.25) is 0 Å². The summed E-state index contributed by atoms with van der Waals surface area (Å²) < 4.78 is 68.1. The minimum Gasteiger partial charge on any atom is -0.462 e. The molecule has 17 nitrogen and oxygen atoms in total. The summed E-state index contributed by atoms with van der Waals surface area (Å²) in [4.78, 5) is 72.3. The Balaban J connectivity index is 5.25. The normalized spacial score (nSPS) is 14.2. The van der Waals surface area contributed by atoms with Crippen molar-refractivity contribution in [2.24, 2.45) is 5.92 Å². The fourth-order valence-corrected chi connectivity index (χ4v) is 11.5. The molecule has 0 aliphatic heterocycles. The summed E-state index contributed by atoms with van der Waals surface area (Å²) in [6, 6.07) is 0. The van der Waals surface area contributed by atoms with Gasteiger partial charge in [0, 0.05) is 25.7 Å². The average Bonchev–Trinajstić information content (AvgIpc) is 3.49. The van der Waals surface area contributed by atoms with Crippen molar-refractivity contribution in [3.8, 4) is 0 Å². The standard InChI is InChI=1S/C66H128O17P2/c1-6-9-12-15-18-21-24-27-30-37-42-47-52-66(71)83-62(56-77-64(69)50-45-40-35-32-31-33-38-43-48-59(4)5)58-81-85(74,75)79-54-60(67)53-78-84(72,73)80-57-61(82-65(70)51-46-41-36-29-26-23-20-17-14-11-8-3)55-76-63(68)49-44-39-34-28-25-22-19-16-13-10-7-2/h59-62,67H,6-58H2,1-5H3,(H,72,73)(H,74,75)/t60-,61+,62+/m0/s1. The van der Waals surface area contributed by atoms with Crippen LogP contribution in [0.25, 0.3) is 0 Å². The van der Waals surface area contributed by atoms with Gasteiger partial charge in [-0.3, -0.25) is 37.3 Å². The fraction of sp³-hybridized carbons (Fsp3) is 0.939. The summed E-state index contributed by atoms with van der Waals surface area (Å²) in [6.07, 6.45) is 44.3. The molecule has 0 spiro atoms. The van der Waals surface area contributed by atoms with Gasteiger partial charge in [-0.05, 0) is 31.6 Å². The number of carbonyl (C=O) groups is 4. The van der Waals surface area contributed by atoms with Crippen LogP contribution in [0.3, 0.4) is 0 Å². The molecule has 504 valence electrons. The third-order valence-electron chi connectivity index (χ3n) is 15.3. The van der Waals surface area contributed by atoms with Gasteiger partial charge >= 0.3 is 39.5 Å². The van der Waals surface area contributed by atoms with Gasteiger partial charge in [0.15, 0.2) is 12.2 Å².